The van der Waals surface area contributed by atoms with Gasteiger partial charge in [-0.05, 0) is 45.8 Å². The SMILES string of the molecule is Oc1ccc2[c]c3ccccc3cc2c1. The van der Waals surface area contributed by atoms with Crippen LogP contribution in [0, 0.1) is 6.07 Å². The molecule has 0 atom stereocenters. The van der Waals surface area contributed by atoms with Crippen LogP contribution < -0.4 is 0 Å². The molecule has 1 heteroatoms. The Hall–Kier alpha value is -2.02. The molecule has 0 spiro atoms. The second-order valence-corrected chi connectivity index (χ2v) is 3.63. The third-order valence-electron chi connectivity index (χ3n) is 2.58. The van der Waals surface area contributed by atoms with Crippen LogP contribution in [-0.4, -0.2) is 5.11 Å². The first-order chi connectivity index (χ1) is 7.33. The highest BCUT2D eigenvalue weighted by molar-refractivity contribution is 5.97. The first kappa shape index (κ1) is 8.30. The minimum atomic E-state index is 0.297. The van der Waals surface area contributed by atoms with Crippen molar-refractivity contribution in [2.45, 2.75) is 0 Å². The van der Waals surface area contributed by atoms with Crippen LogP contribution in [0.4, 0.5) is 0 Å². The predicted molar refractivity (Wildman–Crippen MR) is 62.0 cm³/mol. The average molecular weight is 193 g/mol. The lowest BCUT2D eigenvalue weighted by atomic mass is 10.0. The van der Waals surface area contributed by atoms with Gasteiger partial charge in [-0.25, -0.2) is 0 Å². The molecule has 0 heterocycles. The smallest absolute Gasteiger partial charge is 0.116 e. The van der Waals surface area contributed by atoms with E-state index in [2.05, 4.69) is 18.2 Å². The normalized spacial score (nSPS) is 10.9. The number of aromatic hydroxyl groups is 1. The molecule has 0 unspecified atom stereocenters. The topological polar surface area (TPSA) is 20.2 Å². The van der Waals surface area contributed by atoms with E-state index < -0.39 is 0 Å². The number of benzene rings is 3. The van der Waals surface area contributed by atoms with Crippen LogP contribution in [0.25, 0.3) is 21.5 Å². The summed E-state index contributed by atoms with van der Waals surface area (Å²) in [6, 6.07) is 18.8. The summed E-state index contributed by atoms with van der Waals surface area (Å²) in [6.45, 7) is 0. The van der Waals surface area contributed by atoms with E-state index in [-0.39, 0.29) is 0 Å². The van der Waals surface area contributed by atoms with Crippen molar-refractivity contribution in [3.8, 4) is 5.75 Å². The lowest BCUT2D eigenvalue weighted by molar-refractivity contribution is 0.476. The molecule has 0 aliphatic heterocycles. The molecule has 3 rings (SSSR count). The molecule has 0 bridgehead atoms. The minimum Gasteiger partial charge on any atom is -0.508 e. The largest absolute Gasteiger partial charge is 0.508 e. The Morgan fingerprint density at radius 2 is 1.60 bits per heavy atom. The second-order valence-electron chi connectivity index (χ2n) is 3.63. The maximum Gasteiger partial charge on any atom is 0.116 e. The van der Waals surface area contributed by atoms with Gasteiger partial charge in [-0.15, -0.1) is 0 Å². The van der Waals surface area contributed by atoms with E-state index in [1.165, 1.54) is 0 Å². The Labute approximate surface area is 87.6 Å². The third kappa shape index (κ3) is 1.33. The Balaban J connectivity index is 2.47. The van der Waals surface area contributed by atoms with Crippen molar-refractivity contribution in [2.75, 3.05) is 0 Å². The van der Waals surface area contributed by atoms with Gasteiger partial charge in [-0.2, -0.15) is 0 Å². The average Bonchev–Trinajstić information content (AvgIpc) is 2.26. The Morgan fingerprint density at radius 3 is 2.53 bits per heavy atom. The maximum absolute atomic E-state index is 9.39. The maximum atomic E-state index is 9.39. The van der Waals surface area contributed by atoms with Crippen LogP contribution in [0.3, 0.4) is 0 Å². The van der Waals surface area contributed by atoms with Crippen molar-refractivity contribution >= 4 is 21.5 Å². The first-order valence-corrected chi connectivity index (χ1v) is 4.87. The Morgan fingerprint density at radius 1 is 0.800 bits per heavy atom. The van der Waals surface area contributed by atoms with Gasteiger partial charge >= 0.3 is 0 Å². The number of hydrogen-bond donors (Lipinski definition) is 1. The van der Waals surface area contributed by atoms with Gasteiger partial charge in [0.05, 0.1) is 0 Å². The van der Waals surface area contributed by atoms with Crippen LogP contribution in [0.15, 0.2) is 48.5 Å². The molecule has 3 aromatic rings. The minimum absolute atomic E-state index is 0.297. The number of phenolic OH excluding ortho intramolecular Hbond substituents is 1. The Kier molecular flexibility index (Phi) is 1.65. The molecule has 0 aliphatic rings. The summed E-state index contributed by atoms with van der Waals surface area (Å²) in [4.78, 5) is 0. The van der Waals surface area contributed by atoms with Gasteiger partial charge in [-0.1, -0.05) is 30.3 Å². The van der Waals surface area contributed by atoms with Crippen LogP contribution >= 0.6 is 0 Å². The summed E-state index contributed by atoms with van der Waals surface area (Å²) in [7, 11) is 0. The fourth-order valence-electron chi connectivity index (χ4n) is 1.83. The number of rotatable bonds is 0. The van der Waals surface area contributed by atoms with Gasteiger partial charge in [0, 0.05) is 0 Å². The fourth-order valence-corrected chi connectivity index (χ4v) is 1.83. The van der Waals surface area contributed by atoms with Gasteiger partial charge in [0.2, 0.25) is 0 Å². The first-order valence-electron chi connectivity index (χ1n) is 4.87. The van der Waals surface area contributed by atoms with Crippen molar-refractivity contribution in [3.05, 3.63) is 54.6 Å². The third-order valence-corrected chi connectivity index (χ3v) is 2.58. The highest BCUT2D eigenvalue weighted by Gasteiger charge is 1.98. The van der Waals surface area contributed by atoms with Gasteiger partial charge in [0.1, 0.15) is 5.75 Å². The van der Waals surface area contributed by atoms with Crippen LogP contribution in [-0.2, 0) is 0 Å². The standard InChI is InChI=1S/C14H9O/c15-14-6-5-12-7-10-3-1-2-4-11(10)8-13(12)9-14/h1-6,8-9,15H. The predicted octanol–water partition coefficient (Wildman–Crippen LogP) is 3.50. The summed E-state index contributed by atoms with van der Waals surface area (Å²) >= 11 is 0. The zero-order valence-electron chi connectivity index (χ0n) is 8.07. The Bertz CT molecular complexity index is 641. The van der Waals surface area contributed by atoms with Gasteiger partial charge < -0.3 is 5.11 Å². The van der Waals surface area contributed by atoms with E-state index in [1.807, 2.05) is 24.3 Å². The van der Waals surface area contributed by atoms with Crippen molar-refractivity contribution in [1.82, 2.24) is 0 Å². The van der Waals surface area contributed by atoms with Crippen LogP contribution in [0.1, 0.15) is 0 Å². The zero-order valence-corrected chi connectivity index (χ0v) is 8.07. The van der Waals surface area contributed by atoms with E-state index in [1.54, 1.807) is 12.1 Å². The zero-order chi connectivity index (χ0) is 10.3. The van der Waals surface area contributed by atoms with Crippen LogP contribution in [0.2, 0.25) is 0 Å². The van der Waals surface area contributed by atoms with Crippen molar-refractivity contribution in [2.24, 2.45) is 0 Å². The van der Waals surface area contributed by atoms with Gasteiger partial charge in [-0.3, -0.25) is 0 Å². The summed E-state index contributed by atoms with van der Waals surface area (Å²) in [5.41, 5.74) is 0. The molecule has 1 radical (unpaired) electrons. The molecule has 0 saturated carbocycles. The molecule has 3 aromatic carbocycles. The summed E-state index contributed by atoms with van der Waals surface area (Å²) in [6.07, 6.45) is 0. The summed E-state index contributed by atoms with van der Waals surface area (Å²) in [5.74, 6) is 0.297. The van der Waals surface area contributed by atoms with Crippen molar-refractivity contribution in [1.29, 1.82) is 0 Å². The van der Waals surface area contributed by atoms with Gasteiger partial charge in [0.15, 0.2) is 0 Å². The number of phenols is 1. The van der Waals surface area contributed by atoms with E-state index in [0.29, 0.717) is 5.75 Å². The van der Waals surface area contributed by atoms with E-state index in [9.17, 15) is 5.11 Å². The molecule has 0 saturated heterocycles. The van der Waals surface area contributed by atoms with E-state index in [0.717, 1.165) is 21.5 Å². The fraction of sp³-hybridized carbons (Fsp3) is 0. The summed E-state index contributed by atoms with van der Waals surface area (Å²) < 4.78 is 0. The van der Waals surface area contributed by atoms with E-state index >= 15 is 0 Å². The molecule has 1 nitrogen and oxygen atoms in total. The monoisotopic (exact) mass is 193 g/mol. The second kappa shape index (κ2) is 2.99. The lowest BCUT2D eigenvalue weighted by Crippen LogP contribution is -1.76. The number of fused-ring (bicyclic) bond motifs is 2. The molecule has 15 heavy (non-hydrogen) atoms. The van der Waals surface area contributed by atoms with E-state index in [4.69, 9.17) is 0 Å². The number of hydrogen-bond acceptors (Lipinski definition) is 1. The van der Waals surface area contributed by atoms with Crippen molar-refractivity contribution in [3.63, 3.8) is 0 Å². The molecular weight excluding hydrogens is 184 g/mol. The highest BCUT2D eigenvalue weighted by atomic mass is 16.3. The lowest BCUT2D eigenvalue weighted by Gasteiger charge is -2.01. The molecule has 0 aliphatic carbocycles. The molecule has 0 amide bonds. The highest BCUT2D eigenvalue weighted by Crippen LogP contribution is 2.24. The summed E-state index contributed by atoms with van der Waals surface area (Å²) in [5, 5.41) is 13.7. The molecule has 71 valence electrons. The van der Waals surface area contributed by atoms with Crippen molar-refractivity contribution < 1.29 is 5.11 Å². The van der Waals surface area contributed by atoms with Gasteiger partial charge in [0.25, 0.3) is 0 Å². The molecule has 0 fully saturated rings. The van der Waals surface area contributed by atoms with Crippen LogP contribution in [0.5, 0.6) is 5.75 Å². The molecular formula is C14H9O. The molecule has 1 N–H and O–H groups in total. The molecule has 0 aromatic heterocycles. The quantitative estimate of drug-likeness (QED) is 0.542.